The Morgan fingerprint density at radius 1 is 1.06 bits per heavy atom. The topological polar surface area (TPSA) is 91.7 Å². The fraction of sp³-hybridized carbons (Fsp3) is 0.200. The smallest absolute Gasteiger partial charge is 0.152 e. The molecule has 1 aliphatic heterocycles. The SMILES string of the molecule is N#Cc1c(N)ncnc1N1CCCCC1c1cc2ccc(F)cc2nc1-c1ccccc1. The van der Waals surface area contributed by atoms with Crippen molar-refractivity contribution >= 4 is 22.5 Å². The van der Waals surface area contributed by atoms with Crippen LogP contribution >= 0.6 is 0 Å². The zero-order chi connectivity index (χ0) is 22.1. The summed E-state index contributed by atoms with van der Waals surface area (Å²) in [5.74, 6) is 0.409. The van der Waals surface area contributed by atoms with Crippen LogP contribution in [0.15, 0.2) is 60.9 Å². The third-order valence-corrected chi connectivity index (χ3v) is 5.96. The van der Waals surface area contributed by atoms with Crippen LogP contribution in [0.25, 0.3) is 22.2 Å². The van der Waals surface area contributed by atoms with E-state index < -0.39 is 0 Å². The number of halogens is 1. The van der Waals surface area contributed by atoms with Crippen LogP contribution < -0.4 is 10.6 Å². The van der Waals surface area contributed by atoms with Crippen LogP contribution in [0.3, 0.4) is 0 Å². The first kappa shape index (κ1) is 19.9. The van der Waals surface area contributed by atoms with Gasteiger partial charge in [-0.2, -0.15) is 5.26 Å². The quantitative estimate of drug-likeness (QED) is 0.497. The number of anilines is 2. The highest BCUT2D eigenvalue weighted by atomic mass is 19.1. The van der Waals surface area contributed by atoms with Crippen molar-refractivity contribution in [2.45, 2.75) is 25.3 Å². The van der Waals surface area contributed by atoms with Crippen LogP contribution in [-0.4, -0.2) is 21.5 Å². The predicted molar refractivity (Wildman–Crippen MR) is 122 cm³/mol. The molecule has 2 aromatic carbocycles. The fourth-order valence-corrected chi connectivity index (χ4v) is 4.46. The molecule has 2 aromatic heterocycles. The number of nitrogens with zero attached hydrogens (tertiary/aromatic N) is 5. The van der Waals surface area contributed by atoms with Gasteiger partial charge in [-0.3, -0.25) is 0 Å². The first-order chi connectivity index (χ1) is 15.7. The summed E-state index contributed by atoms with van der Waals surface area (Å²) in [7, 11) is 0. The maximum atomic E-state index is 13.9. The van der Waals surface area contributed by atoms with E-state index in [0.717, 1.165) is 48.0 Å². The molecule has 1 atom stereocenters. The van der Waals surface area contributed by atoms with Crippen molar-refractivity contribution in [1.82, 2.24) is 15.0 Å². The minimum absolute atomic E-state index is 0.0534. The summed E-state index contributed by atoms with van der Waals surface area (Å²) >= 11 is 0. The molecule has 4 aromatic rings. The first-order valence-electron chi connectivity index (χ1n) is 10.6. The third-order valence-electron chi connectivity index (χ3n) is 5.96. The Bertz CT molecular complexity index is 1330. The molecule has 2 N–H and O–H groups in total. The van der Waals surface area contributed by atoms with Crippen molar-refractivity contribution < 1.29 is 4.39 Å². The molecule has 0 amide bonds. The summed E-state index contributed by atoms with van der Waals surface area (Å²) in [6, 6.07) is 18.8. The maximum Gasteiger partial charge on any atom is 0.152 e. The number of nitrogen functional groups attached to an aromatic ring is 1. The van der Waals surface area contributed by atoms with Crippen molar-refractivity contribution in [2.24, 2.45) is 0 Å². The molecule has 1 aliphatic rings. The minimum atomic E-state index is -0.314. The molecule has 7 heteroatoms. The first-order valence-corrected chi connectivity index (χ1v) is 10.6. The van der Waals surface area contributed by atoms with Gasteiger partial charge in [-0.25, -0.2) is 19.3 Å². The number of aromatic nitrogens is 3. The molecule has 5 rings (SSSR count). The summed E-state index contributed by atoms with van der Waals surface area (Å²) < 4.78 is 13.9. The molecule has 158 valence electrons. The molecule has 0 aliphatic carbocycles. The van der Waals surface area contributed by atoms with Crippen molar-refractivity contribution in [3.63, 3.8) is 0 Å². The molecule has 6 nitrogen and oxygen atoms in total. The Kier molecular flexibility index (Phi) is 5.12. The summed E-state index contributed by atoms with van der Waals surface area (Å²) in [6.07, 6.45) is 4.30. The molecule has 1 saturated heterocycles. The lowest BCUT2D eigenvalue weighted by Gasteiger charge is -2.38. The second-order valence-electron chi connectivity index (χ2n) is 7.90. The van der Waals surface area contributed by atoms with E-state index in [2.05, 4.69) is 27.0 Å². The highest BCUT2D eigenvalue weighted by Gasteiger charge is 2.30. The van der Waals surface area contributed by atoms with E-state index in [-0.39, 0.29) is 23.2 Å². The summed E-state index contributed by atoms with van der Waals surface area (Å²) in [5.41, 5.74) is 9.67. The lowest BCUT2D eigenvalue weighted by molar-refractivity contribution is 0.469. The van der Waals surface area contributed by atoms with Gasteiger partial charge in [0.25, 0.3) is 0 Å². The van der Waals surface area contributed by atoms with Crippen molar-refractivity contribution in [3.8, 4) is 17.3 Å². The molecule has 1 fully saturated rings. The number of hydrogen-bond donors (Lipinski definition) is 1. The molecule has 0 saturated carbocycles. The van der Waals surface area contributed by atoms with Gasteiger partial charge in [0, 0.05) is 29.1 Å². The number of hydrogen-bond acceptors (Lipinski definition) is 6. The number of nitrogens with two attached hydrogens (primary N) is 1. The minimum Gasteiger partial charge on any atom is -0.382 e. The molecule has 3 heterocycles. The van der Waals surface area contributed by atoms with Gasteiger partial charge in [-0.05, 0) is 37.5 Å². The van der Waals surface area contributed by atoms with Crippen LogP contribution in [-0.2, 0) is 0 Å². The number of pyridine rings is 1. The van der Waals surface area contributed by atoms with Crippen LogP contribution in [0, 0.1) is 17.1 Å². The van der Waals surface area contributed by atoms with Crippen molar-refractivity contribution in [2.75, 3.05) is 17.2 Å². The van der Waals surface area contributed by atoms with Gasteiger partial charge in [0.1, 0.15) is 29.6 Å². The van der Waals surface area contributed by atoms with E-state index in [0.29, 0.717) is 11.3 Å². The molecule has 0 bridgehead atoms. The molecule has 1 unspecified atom stereocenters. The van der Waals surface area contributed by atoms with E-state index in [9.17, 15) is 9.65 Å². The van der Waals surface area contributed by atoms with Crippen LogP contribution in [0.1, 0.15) is 36.4 Å². The van der Waals surface area contributed by atoms with Crippen LogP contribution in [0.5, 0.6) is 0 Å². The normalized spacial score (nSPS) is 16.1. The van der Waals surface area contributed by atoms with Crippen LogP contribution in [0.2, 0.25) is 0 Å². The summed E-state index contributed by atoms with van der Waals surface area (Å²) in [4.78, 5) is 15.4. The molecular weight excluding hydrogens is 403 g/mol. The molecule has 0 spiro atoms. The highest BCUT2D eigenvalue weighted by Crippen LogP contribution is 2.40. The highest BCUT2D eigenvalue weighted by molar-refractivity contribution is 5.84. The third kappa shape index (κ3) is 3.50. The van der Waals surface area contributed by atoms with E-state index >= 15 is 0 Å². The van der Waals surface area contributed by atoms with Gasteiger partial charge in [-0.1, -0.05) is 30.3 Å². The lowest BCUT2D eigenvalue weighted by Crippen LogP contribution is -2.35. The molecule has 0 radical (unpaired) electrons. The Morgan fingerprint density at radius 2 is 1.91 bits per heavy atom. The Hall–Kier alpha value is -4.05. The second kappa shape index (κ2) is 8.23. The van der Waals surface area contributed by atoms with Gasteiger partial charge < -0.3 is 10.6 Å². The monoisotopic (exact) mass is 424 g/mol. The Morgan fingerprint density at radius 3 is 2.72 bits per heavy atom. The number of fused-ring (bicyclic) bond motifs is 1. The molecular formula is C25H21FN6. The van der Waals surface area contributed by atoms with E-state index in [4.69, 9.17) is 10.7 Å². The van der Waals surface area contributed by atoms with Gasteiger partial charge >= 0.3 is 0 Å². The Balaban J connectivity index is 1.72. The maximum absolute atomic E-state index is 13.9. The standard InChI is InChI=1S/C25H21FN6/c26-18-10-9-17-12-19(23(31-21(17)13-18)16-6-2-1-3-7-16)22-8-4-5-11-32(22)25-20(14-27)24(28)29-15-30-25/h1-3,6-7,9-10,12-13,15,22H,4-5,8,11H2,(H2,28,29,30). The van der Waals surface area contributed by atoms with Gasteiger partial charge in [-0.15, -0.1) is 0 Å². The average Bonchev–Trinajstić information content (AvgIpc) is 2.83. The fourth-order valence-electron chi connectivity index (χ4n) is 4.46. The lowest BCUT2D eigenvalue weighted by atomic mass is 9.90. The van der Waals surface area contributed by atoms with E-state index in [1.807, 2.05) is 30.3 Å². The zero-order valence-corrected chi connectivity index (χ0v) is 17.4. The number of piperidine rings is 1. The second-order valence-corrected chi connectivity index (χ2v) is 7.90. The van der Waals surface area contributed by atoms with E-state index in [1.165, 1.54) is 18.5 Å². The van der Waals surface area contributed by atoms with Gasteiger partial charge in [0.05, 0.1) is 17.3 Å². The van der Waals surface area contributed by atoms with Crippen molar-refractivity contribution in [3.05, 3.63) is 77.9 Å². The Labute approximate surface area is 185 Å². The molecule has 32 heavy (non-hydrogen) atoms. The van der Waals surface area contributed by atoms with Crippen molar-refractivity contribution in [1.29, 1.82) is 5.26 Å². The van der Waals surface area contributed by atoms with E-state index in [1.54, 1.807) is 6.07 Å². The summed E-state index contributed by atoms with van der Waals surface area (Å²) in [6.45, 7) is 0.742. The summed E-state index contributed by atoms with van der Waals surface area (Å²) in [5, 5.41) is 10.6. The predicted octanol–water partition coefficient (Wildman–Crippen LogP) is 5.02. The number of rotatable bonds is 3. The average molecular weight is 424 g/mol. The van der Waals surface area contributed by atoms with Gasteiger partial charge in [0.2, 0.25) is 0 Å². The number of nitriles is 1. The van der Waals surface area contributed by atoms with Crippen LogP contribution in [0.4, 0.5) is 16.0 Å². The number of benzene rings is 2. The van der Waals surface area contributed by atoms with Gasteiger partial charge in [0.15, 0.2) is 5.82 Å². The zero-order valence-electron chi connectivity index (χ0n) is 17.4. The largest absolute Gasteiger partial charge is 0.382 e.